The van der Waals surface area contributed by atoms with Gasteiger partial charge in [0.15, 0.2) is 0 Å². The lowest BCUT2D eigenvalue weighted by atomic mass is 9.86. The van der Waals surface area contributed by atoms with Crippen molar-refractivity contribution in [3.63, 3.8) is 0 Å². The van der Waals surface area contributed by atoms with Gasteiger partial charge >= 0.3 is 7.12 Å². The van der Waals surface area contributed by atoms with Gasteiger partial charge in [-0.15, -0.1) is 0 Å². The Kier molecular flexibility index (Phi) is 3.74. The van der Waals surface area contributed by atoms with Crippen LogP contribution in [0.25, 0.3) is 32.9 Å². The van der Waals surface area contributed by atoms with E-state index in [9.17, 15) is 0 Å². The normalized spacial score (nSPS) is 18.2. The van der Waals surface area contributed by atoms with Gasteiger partial charge in [-0.2, -0.15) is 0 Å². The quantitative estimate of drug-likeness (QED) is 0.434. The molecule has 0 aliphatic carbocycles. The van der Waals surface area contributed by atoms with E-state index in [0.29, 0.717) is 5.66 Å². The second-order valence-electron chi connectivity index (χ2n) is 8.48. The van der Waals surface area contributed by atoms with E-state index in [1.54, 1.807) is 0 Å². The van der Waals surface area contributed by atoms with Crippen molar-refractivity contribution in [3.05, 3.63) is 66.7 Å². The molecular formula is C24H23BO3. The Labute approximate surface area is 165 Å². The first-order valence-electron chi connectivity index (χ1n) is 9.72. The van der Waals surface area contributed by atoms with E-state index in [2.05, 4.69) is 82.3 Å². The summed E-state index contributed by atoms with van der Waals surface area (Å²) in [5.41, 5.74) is 3.22. The van der Waals surface area contributed by atoms with E-state index in [1.165, 1.54) is 21.9 Å². The van der Waals surface area contributed by atoms with E-state index < -0.39 is 7.12 Å². The molecule has 0 atom stereocenters. The average Bonchev–Trinajstić information content (AvgIpc) is 3.20. The highest BCUT2D eigenvalue weighted by molar-refractivity contribution is 6.61. The number of fused-ring (bicyclic) bond motifs is 3. The summed E-state index contributed by atoms with van der Waals surface area (Å²) in [5, 5.41) is 3.47. The summed E-state index contributed by atoms with van der Waals surface area (Å²) in [5.74, 6) is 0. The molecule has 1 aromatic heterocycles. The van der Waals surface area contributed by atoms with Crippen molar-refractivity contribution >= 4 is 34.5 Å². The standard InChI is InChI=1S/C24H23BO3/c1-23(2)24(3,4)28-25(27-23)22-15-20-18-12-8-11-17(16-9-6-5-7-10-16)19(18)13-14-21(20)26-22/h5-15H,1-4H3. The van der Waals surface area contributed by atoms with Gasteiger partial charge in [-0.05, 0) is 61.7 Å². The second kappa shape index (κ2) is 5.97. The third-order valence-electron chi connectivity index (χ3n) is 6.15. The summed E-state index contributed by atoms with van der Waals surface area (Å²) >= 11 is 0. The van der Waals surface area contributed by atoms with E-state index in [0.717, 1.165) is 11.0 Å². The zero-order chi connectivity index (χ0) is 19.5. The fourth-order valence-corrected chi connectivity index (χ4v) is 3.84. The van der Waals surface area contributed by atoms with E-state index in [-0.39, 0.29) is 11.2 Å². The summed E-state index contributed by atoms with van der Waals surface area (Å²) in [6.45, 7) is 8.21. The van der Waals surface area contributed by atoms with Crippen LogP contribution in [-0.2, 0) is 9.31 Å². The van der Waals surface area contributed by atoms with Crippen LogP contribution in [0.2, 0.25) is 0 Å². The number of furan rings is 1. The molecule has 0 radical (unpaired) electrons. The third kappa shape index (κ3) is 2.60. The lowest BCUT2D eigenvalue weighted by Gasteiger charge is -2.32. The molecule has 2 heterocycles. The SMILES string of the molecule is CC1(C)OB(c2cc3c(ccc4c(-c5ccccc5)cccc43)o2)OC1(C)C. The van der Waals surface area contributed by atoms with Gasteiger partial charge in [0.25, 0.3) is 0 Å². The van der Waals surface area contributed by atoms with Crippen LogP contribution < -0.4 is 5.66 Å². The zero-order valence-corrected chi connectivity index (χ0v) is 16.7. The fourth-order valence-electron chi connectivity index (χ4n) is 3.84. The first-order valence-corrected chi connectivity index (χ1v) is 9.72. The molecule has 3 nitrogen and oxygen atoms in total. The number of hydrogen-bond donors (Lipinski definition) is 0. The average molecular weight is 370 g/mol. The highest BCUT2D eigenvalue weighted by Crippen LogP contribution is 2.38. The van der Waals surface area contributed by atoms with Gasteiger partial charge in [0.2, 0.25) is 0 Å². The van der Waals surface area contributed by atoms with Gasteiger partial charge in [-0.3, -0.25) is 0 Å². The monoisotopic (exact) mass is 370 g/mol. The largest absolute Gasteiger partial charge is 0.532 e. The van der Waals surface area contributed by atoms with Crippen molar-refractivity contribution in [2.24, 2.45) is 0 Å². The molecule has 1 aliphatic heterocycles. The molecule has 0 amide bonds. The van der Waals surface area contributed by atoms with Crippen LogP contribution >= 0.6 is 0 Å². The summed E-state index contributed by atoms with van der Waals surface area (Å²) in [6, 6.07) is 23.1. The lowest BCUT2D eigenvalue weighted by molar-refractivity contribution is 0.00578. The molecule has 28 heavy (non-hydrogen) atoms. The molecule has 4 heteroatoms. The van der Waals surface area contributed by atoms with Crippen molar-refractivity contribution in [3.8, 4) is 11.1 Å². The van der Waals surface area contributed by atoms with E-state index in [4.69, 9.17) is 13.7 Å². The van der Waals surface area contributed by atoms with Crippen LogP contribution in [0.1, 0.15) is 27.7 Å². The first-order chi connectivity index (χ1) is 13.4. The van der Waals surface area contributed by atoms with E-state index >= 15 is 0 Å². The molecule has 1 fully saturated rings. The van der Waals surface area contributed by atoms with Gasteiger partial charge < -0.3 is 13.7 Å². The van der Waals surface area contributed by atoms with Crippen LogP contribution in [0.5, 0.6) is 0 Å². The topological polar surface area (TPSA) is 31.6 Å². The minimum absolute atomic E-state index is 0.390. The van der Waals surface area contributed by atoms with E-state index in [1.807, 2.05) is 12.1 Å². The minimum Gasteiger partial charge on any atom is -0.465 e. The smallest absolute Gasteiger partial charge is 0.465 e. The Bertz CT molecular complexity index is 1160. The molecule has 3 aromatic carbocycles. The Morgan fingerprint density at radius 1 is 0.679 bits per heavy atom. The first kappa shape index (κ1) is 17.5. The molecule has 5 rings (SSSR count). The molecule has 140 valence electrons. The van der Waals surface area contributed by atoms with Gasteiger partial charge in [-0.1, -0.05) is 54.6 Å². The zero-order valence-electron chi connectivity index (χ0n) is 16.7. The fraction of sp³-hybridized carbons (Fsp3) is 0.250. The molecule has 0 saturated carbocycles. The highest BCUT2D eigenvalue weighted by Gasteiger charge is 2.53. The summed E-state index contributed by atoms with van der Waals surface area (Å²) < 4.78 is 18.5. The van der Waals surface area contributed by atoms with Gasteiger partial charge in [0.05, 0.1) is 11.2 Å². The Hall–Kier alpha value is -2.56. The van der Waals surface area contributed by atoms with Crippen LogP contribution in [0.4, 0.5) is 0 Å². The minimum atomic E-state index is -0.496. The van der Waals surface area contributed by atoms with Gasteiger partial charge in [0.1, 0.15) is 11.2 Å². The Balaban J connectivity index is 1.64. The predicted molar refractivity (Wildman–Crippen MR) is 115 cm³/mol. The van der Waals surface area contributed by atoms with Crippen molar-refractivity contribution in [1.82, 2.24) is 0 Å². The van der Waals surface area contributed by atoms with Crippen molar-refractivity contribution < 1.29 is 13.7 Å². The molecule has 1 saturated heterocycles. The van der Waals surface area contributed by atoms with Crippen LogP contribution in [0, 0.1) is 0 Å². The second-order valence-corrected chi connectivity index (χ2v) is 8.48. The van der Waals surface area contributed by atoms with Crippen molar-refractivity contribution in [2.45, 2.75) is 38.9 Å². The lowest BCUT2D eigenvalue weighted by Crippen LogP contribution is -2.41. The maximum absolute atomic E-state index is 6.17. The molecule has 1 aliphatic rings. The predicted octanol–water partition coefficient (Wildman–Crippen LogP) is 5.55. The van der Waals surface area contributed by atoms with Crippen LogP contribution in [0.3, 0.4) is 0 Å². The molecule has 0 bridgehead atoms. The molecule has 0 unspecified atom stereocenters. The highest BCUT2D eigenvalue weighted by atomic mass is 16.7. The Morgan fingerprint density at radius 3 is 2.11 bits per heavy atom. The molecule has 0 N–H and O–H groups in total. The van der Waals surface area contributed by atoms with Crippen LogP contribution in [-0.4, -0.2) is 18.3 Å². The van der Waals surface area contributed by atoms with Crippen LogP contribution in [0.15, 0.2) is 71.1 Å². The van der Waals surface area contributed by atoms with Gasteiger partial charge in [0, 0.05) is 5.39 Å². The van der Waals surface area contributed by atoms with Crippen molar-refractivity contribution in [1.29, 1.82) is 0 Å². The maximum atomic E-state index is 6.17. The number of hydrogen-bond acceptors (Lipinski definition) is 3. The maximum Gasteiger partial charge on any atom is 0.532 e. The van der Waals surface area contributed by atoms with Gasteiger partial charge in [-0.25, -0.2) is 0 Å². The molecule has 4 aromatic rings. The summed E-state index contributed by atoms with van der Waals surface area (Å²) in [7, 11) is -0.496. The van der Waals surface area contributed by atoms with Crippen molar-refractivity contribution in [2.75, 3.05) is 0 Å². The summed E-state index contributed by atoms with van der Waals surface area (Å²) in [4.78, 5) is 0. The number of rotatable bonds is 2. The molecule has 0 spiro atoms. The molecular weight excluding hydrogens is 347 g/mol. The summed E-state index contributed by atoms with van der Waals surface area (Å²) in [6.07, 6.45) is 0. The number of benzene rings is 3. The third-order valence-corrected chi connectivity index (χ3v) is 6.15. The Morgan fingerprint density at radius 2 is 1.39 bits per heavy atom.